The van der Waals surface area contributed by atoms with Crippen molar-refractivity contribution in [3.8, 4) is 16.8 Å². The standard InChI is InChI=1S/C34H30BNO2/c1-33(2)34(3,4)38-35(37-33)30-22-29-27-15-10-11-17-31(27)36(32(29)28-16-9-8-14-26(28)30)25-20-18-24(19-21-25)23-12-6-5-7-13-23/h5-22H,1-4H3. The van der Waals surface area contributed by atoms with Gasteiger partial charge in [0.25, 0.3) is 0 Å². The molecule has 4 heteroatoms. The summed E-state index contributed by atoms with van der Waals surface area (Å²) in [5.41, 5.74) is 6.24. The van der Waals surface area contributed by atoms with Crippen LogP contribution in [-0.2, 0) is 9.31 Å². The molecule has 5 aromatic carbocycles. The molecular formula is C34H30BNO2. The molecule has 6 aromatic rings. The van der Waals surface area contributed by atoms with E-state index >= 15 is 0 Å². The Balaban J connectivity index is 1.49. The lowest BCUT2D eigenvalue weighted by Gasteiger charge is -2.32. The molecule has 1 aliphatic heterocycles. The fourth-order valence-electron chi connectivity index (χ4n) is 5.72. The number of aromatic nitrogens is 1. The first kappa shape index (κ1) is 23.3. The molecule has 1 aliphatic rings. The van der Waals surface area contributed by atoms with Crippen molar-refractivity contribution in [2.75, 3.05) is 0 Å². The molecule has 0 N–H and O–H groups in total. The van der Waals surface area contributed by atoms with Crippen LogP contribution in [0.3, 0.4) is 0 Å². The minimum Gasteiger partial charge on any atom is -0.399 e. The summed E-state index contributed by atoms with van der Waals surface area (Å²) in [6.45, 7) is 8.44. The molecule has 1 aromatic heterocycles. The molecule has 0 spiro atoms. The van der Waals surface area contributed by atoms with Crippen molar-refractivity contribution in [1.82, 2.24) is 4.57 Å². The highest BCUT2D eigenvalue weighted by Gasteiger charge is 2.52. The van der Waals surface area contributed by atoms with Crippen LogP contribution in [0, 0.1) is 0 Å². The van der Waals surface area contributed by atoms with Crippen LogP contribution in [-0.4, -0.2) is 22.9 Å². The van der Waals surface area contributed by atoms with Gasteiger partial charge in [-0.3, -0.25) is 0 Å². The van der Waals surface area contributed by atoms with E-state index in [9.17, 15) is 0 Å². The Labute approximate surface area is 223 Å². The highest BCUT2D eigenvalue weighted by atomic mass is 16.7. The molecule has 0 atom stereocenters. The van der Waals surface area contributed by atoms with Crippen LogP contribution in [0.5, 0.6) is 0 Å². The van der Waals surface area contributed by atoms with Crippen LogP contribution in [0.4, 0.5) is 0 Å². The molecule has 1 saturated heterocycles. The van der Waals surface area contributed by atoms with Crippen LogP contribution in [0.25, 0.3) is 49.4 Å². The molecule has 3 nitrogen and oxygen atoms in total. The maximum Gasteiger partial charge on any atom is 0.495 e. The van der Waals surface area contributed by atoms with Crippen molar-refractivity contribution in [1.29, 1.82) is 0 Å². The Kier molecular flexibility index (Phi) is 5.10. The van der Waals surface area contributed by atoms with Crippen molar-refractivity contribution < 1.29 is 9.31 Å². The summed E-state index contributed by atoms with van der Waals surface area (Å²) in [6.07, 6.45) is 0. The Morgan fingerprint density at radius 1 is 0.553 bits per heavy atom. The number of nitrogens with zero attached hydrogens (tertiary/aromatic N) is 1. The lowest BCUT2D eigenvalue weighted by Crippen LogP contribution is -2.41. The Bertz CT molecular complexity index is 1800. The zero-order valence-corrected chi connectivity index (χ0v) is 22.2. The Morgan fingerprint density at radius 3 is 1.79 bits per heavy atom. The number of fused-ring (bicyclic) bond motifs is 5. The molecule has 186 valence electrons. The molecule has 0 radical (unpaired) electrons. The summed E-state index contributed by atoms with van der Waals surface area (Å²) in [5, 5.41) is 4.77. The third kappa shape index (κ3) is 3.44. The SMILES string of the molecule is CC1(C)OB(c2cc3c4ccccc4n(-c4ccc(-c5ccccc5)cc4)c3c3ccccc23)OC1(C)C. The predicted octanol–water partition coefficient (Wildman–Crippen LogP) is 7.90. The van der Waals surface area contributed by atoms with Crippen LogP contribution in [0.15, 0.2) is 109 Å². The zero-order chi connectivity index (χ0) is 26.1. The predicted molar refractivity (Wildman–Crippen MR) is 159 cm³/mol. The summed E-state index contributed by atoms with van der Waals surface area (Å²) in [6, 6.07) is 39.0. The van der Waals surface area contributed by atoms with Gasteiger partial charge in [0.2, 0.25) is 0 Å². The van der Waals surface area contributed by atoms with Crippen LogP contribution < -0.4 is 5.46 Å². The summed E-state index contributed by atoms with van der Waals surface area (Å²) in [4.78, 5) is 0. The number of benzene rings is 5. The van der Waals surface area contributed by atoms with E-state index in [1.54, 1.807) is 0 Å². The molecule has 1 fully saturated rings. The molecule has 0 bridgehead atoms. The minimum absolute atomic E-state index is 0.401. The van der Waals surface area contributed by atoms with E-state index < -0.39 is 18.3 Å². The molecule has 38 heavy (non-hydrogen) atoms. The van der Waals surface area contributed by atoms with Gasteiger partial charge in [-0.05, 0) is 67.9 Å². The minimum atomic E-state index is -0.429. The molecular weight excluding hydrogens is 465 g/mol. The van der Waals surface area contributed by atoms with Crippen molar-refractivity contribution >= 4 is 45.2 Å². The Morgan fingerprint density at radius 2 is 1.11 bits per heavy atom. The highest BCUT2D eigenvalue weighted by molar-refractivity contribution is 6.66. The second kappa shape index (κ2) is 8.32. The van der Waals surface area contributed by atoms with Gasteiger partial charge in [0, 0.05) is 21.8 Å². The van der Waals surface area contributed by atoms with Gasteiger partial charge in [-0.1, -0.05) is 91.0 Å². The van der Waals surface area contributed by atoms with Gasteiger partial charge in [0.1, 0.15) is 0 Å². The summed E-state index contributed by atoms with van der Waals surface area (Å²) in [7, 11) is -0.429. The normalized spacial score (nSPS) is 16.6. The maximum absolute atomic E-state index is 6.54. The number of hydrogen-bond acceptors (Lipinski definition) is 2. The molecule has 0 saturated carbocycles. The number of rotatable bonds is 3. The maximum atomic E-state index is 6.54. The highest BCUT2D eigenvalue weighted by Crippen LogP contribution is 2.40. The van der Waals surface area contributed by atoms with E-state index in [1.165, 1.54) is 38.3 Å². The first-order chi connectivity index (χ1) is 18.3. The van der Waals surface area contributed by atoms with Gasteiger partial charge < -0.3 is 13.9 Å². The largest absolute Gasteiger partial charge is 0.495 e. The van der Waals surface area contributed by atoms with Crippen molar-refractivity contribution in [2.24, 2.45) is 0 Å². The van der Waals surface area contributed by atoms with E-state index in [4.69, 9.17) is 9.31 Å². The van der Waals surface area contributed by atoms with E-state index in [2.05, 4.69) is 141 Å². The quantitative estimate of drug-likeness (QED) is 0.233. The monoisotopic (exact) mass is 495 g/mol. The molecule has 0 aliphatic carbocycles. The lowest BCUT2D eigenvalue weighted by molar-refractivity contribution is 0.00578. The fraction of sp³-hybridized carbons (Fsp3) is 0.176. The van der Waals surface area contributed by atoms with Crippen LogP contribution in [0.1, 0.15) is 27.7 Å². The van der Waals surface area contributed by atoms with Gasteiger partial charge >= 0.3 is 7.12 Å². The third-order valence-corrected chi connectivity index (χ3v) is 8.45. The van der Waals surface area contributed by atoms with Gasteiger partial charge in [0.15, 0.2) is 0 Å². The van der Waals surface area contributed by atoms with E-state index in [0.717, 1.165) is 16.5 Å². The lowest BCUT2D eigenvalue weighted by atomic mass is 9.75. The third-order valence-electron chi connectivity index (χ3n) is 8.45. The molecule has 0 unspecified atom stereocenters. The van der Waals surface area contributed by atoms with Gasteiger partial charge in [-0.25, -0.2) is 0 Å². The molecule has 0 amide bonds. The van der Waals surface area contributed by atoms with E-state index in [0.29, 0.717) is 0 Å². The smallest absolute Gasteiger partial charge is 0.399 e. The van der Waals surface area contributed by atoms with E-state index in [1.807, 2.05) is 0 Å². The first-order valence-corrected chi connectivity index (χ1v) is 13.3. The number of para-hydroxylation sites is 1. The average Bonchev–Trinajstić information content (AvgIpc) is 3.38. The molecule has 2 heterocycles. The molecule has 7 rings (SSSR count). The second-order valence-electron chi connectivity index (χ2n) is 11.3. The number of hydrogen-bond donors (Lipinski definition) is 0. The second-order valence-corrected chi connectivity index (χ2v) is 11.3. The summed E-state index contributed by atoms with van der Waals surface area (Å²) in [5.74, 6) is 0. The summed E-state index contributed by atoms with van der Waals surface area (Å²) >= 11 is 0. The van der Waals surface area contributed by atoms with Gasteiger partial charge in [-0.15, -0.1) is 0 Å². The van der Waals surface area contributed by atoms with E-state index in [-0.39, 0.29) is 0 Å². The van der Waals surface area contributed by atoms with Crippen molar-refractivity contribution in [2.45, 2.75) is 38.9 Å². The zero-order valence-electron chi connectivity index (χ0n) is 22.2. The average molecular weight is 495 g/mol. The van der Waals surface area contributed by atoms with Gasteiger partial charge in [0.05, 0.1) is 22.2 Å². The Hall–Kier alpha value is -3.86. The topological polar surface area (TPSA) is 23.4 Å². The summed E-state index contributed by atoms with van der Waals surface area (Å²) < 4.78 is 15.5. The van der Waals surface area contributed by atoms with Gasteiger partial charge in [-0.2, -0.15) is 0 Å². The van der Waals surface area contributed by atoms with Crippen LogP contribution >= 0.6 is 0 Å². The fourth-order valence-corrected chi connectivity index (χ4v) is 5.72. The van der Waals surface area contributed by atoms with Crippen molar-refractivity contribution in [3.05, 3.63) is 109 Å². The first-order valence-electron chi connectivity index (χ1n) is 13.3. The van der Waals surface area contributed by atoms with Crippen molar-refractivity contribution in [3.63, 3.8) is 0 Å². The van der Waals surface area contributed by atoms with Crippen LogP contribution in [0.2, 0.25) is 0 Å².